The van der Waals surface area contributed by atoms with Crippen molar-refractivity contribution in [3.05, 3.63) is 58.3 Å². The van der Waals surface area contributed by atoms with E-state index in [1.54, 1.807) is 31.4 Å². The Labute approximate surface area is 146 Å². The van der Waals surface area contributed by atoms with Crippen molar-refractivity contribution in [3.63, 3.8) is 0 Å². The van der Waals surface area contributed by atoms with E-state index in [4.69, 9.17) is 9.47 Å². The van der Waals surface area contributed by atoms with E-state index in [0.717, 1.165) is 6.07 Å². The van der Waals surface area contributed by atoms with Crippen LogP contribution in [0.15, 0.2) is 46.9 Å². The van der Waals surface area contributed by atoms with Gasteiger partial charge >= 0.3 is 5.97 Å². The Morgan fingerprint density at radius 2 is 1.83 bits per heavy atom. The lowest BCUT2D eigenvalue weighted by atomic mass is 10.2. The van der Waals surface area contributed by atoms with E-state index in [-0.39, 0.29) is 5.56 Å². The standard InChI is InChI=1S/C17H15BrFNO4/c1-10(16(21)20-12-4-6-13(23-2)7-5-12)24-17(22)14-9-11(19)3-8-15(14)18/h3-10H,1-2H3,(H,20,21)/t10-/m0/s1. The van der Waals surface area contributed by atoms with Crippen molar-refractivity contribution in [3.8, 4) is 5.75 Å². The summed E-state index contributed by atoms with van der Waals surface area (Å²) in [6, 6.07) is 10.4. The number of rotatable bonds is 5. The van der Waals surface area contributed by atoms with E-state index in [1.807, 2.05) is 0 Å². The number of anilines is 1. The Kier molecular flexibility index (Phi) is 5.92. The van der Waals surface area contributed by atoms with Gasteiger partial charge in [-0.15, -0.1) is 0 Å². The zero-order valence-electron chi connectivity index (χ0n) is 13.0. The molecule has 0 saturated heterocycles. The van der Waals surface area contributed by atoms with Gasteiger partial charge in [0.2, 0.25) is 0 Å². The summed E-state index contributed by atoms with van der Waals surface area (Å²) >= 11 is 3.15. The number of nitrogens with one attached hydrogen (secondary N) is 1. The third-order valence-electron chi connectivity index (χ3n) is 3.16. The Bertz CT molecular complexity index is 749. The van der Waals surface area contributed by atoms with Crippen LogP contribution in [0.2, 0.25) is 0 Å². The molecule has 0 aliphatic heterocycles. The second kappa shape index (κ2) is 7.92. The molecule has 0 bridgehead atoms. The summed E-state index contributed by atoms with van der Waals surface area (Å²) < 4.78 is 23.7. The van der Waals surface area contributed by atoms with Gasteiger partial charge in [0.05, 0.1) is 12.7 Å². The van der Waals surface area contributed by atoms with Crippen LogP contribution < -0.4 is 10.1 Å². The average Bonchev–Trinajstić information content (AvgIpc) is 2.57. The number of benzene rings is 2. The van der Waals surface area contributed by atoms with Crippen molar-refractivity contribution in [2.45, 2.75) is 13.0 Å². The normalized spacial score (nSPS) is 11.5. The predicted octanol–water partition coefficient (Wildman–Crippen LogP) is 3.78. The topological polar surface area (TPSA) is 64.6 Å². The SMILES string of the molecule is COc1ccc(NC(=O)[C@H](C)OC(=O)c2cc(F)ccc2Br)cc1. The second-order valence-electron chi connectivity index (χ2n) is 4.89. The third kappa shape index (κ3) is 4.55. The lowest BCUT2D eigenvalue weighted by Gasteiger charge is -2.14. The number of hydrogen-bond acceptors (Lipinski definition) is 4. The Hall–Kier alpha value is -2.41. The van der Waals surface area contributed by atoms with Crippen molar-refractivity contribution in [1.82, 2.24) is 0 Å². The van der Waals surface area contributed by atoms with Crippen LogP contribution in [0.5, 0.6) is 5.75 Å². The van der Waals surface area contributed by atoms with E-state index < -0.39 is 23.8 Å². The maximum absolute atomic E-state index is 13.2. The third-order valence-corrected chi connectivity index (χ3v) is 3.85. The van der Waals surface area contributed by atoms with Crippen LogP contribution in [0.4, 0.5) is 10.1 Å². The first-order valence-corrected chi connectivity index (χ1v) is 7.81. The predicted molar refractivity (Wildman–Crippen MR) is 90.6 cm³/mol. The molecule has 0 unspecified atom stereocenters. The van der Waals surface area contributed by atoms with Crippen molar-refractivity contribution >= 4 is 33.5 Å². The highest BCUT2D eigenvalue weighted by Gasteiger charge is 2.21. The van der Waals surface area contributed by atoms with Gasteiger partial charge in [-0.25, -0.2) is 9.18 Å². The number of amides is 1. The van der Waals surface area contributed by atoms with Crippen molar-refractivity contribution in [2.75, 3.05) is 12.4 Å². The molecule has 0 heterocycles. The van der Waals surface area contributed by atoms with Crippen LogP contribution in [0.25, 0.3) is 0 Å². The fourth-order valence-electron chi connectivity index (χ4n) is 1.85. The second-order valence-corrected chi connectivity index (χ2v) is 5.74. The number of carbonyl (C=O) groups excluding carboxylic acids is 2. The van der Waals surface area contributed by atoms with E-state index in [2.05, 4.69) is 21.2 Å². The Balaban J connectivity index is 2.00. The summed E-state index contributed by atoms with van der Waals surface area (Å²) in [4.78, 5) is 24.1. The number of ether oxygens (including phenoxy) is 2. The minimum Gasteiger partial charge on any atom is -0.497 e. The smallest absolute Gasteiger partial charge is 0.340 e. The molecule has 126 valence electrons. The summed E-state index contributed by atoms with van der Waals surface area (Å²) in [6.45, 7) is 1.43. The zero-order valence-corrected chi connectivity index (χ0v) is 14.6. The van der Waals surface area contributed by atoms with Crippen LogP contribution in [0, 0.1) is 5.82 Å². The minimum absolute atomic E-state index is 0.0131. The fraction of sp³-hybridized carbons (Fsp3) is 0.176. The number of esters is 1. The molecule has 0 fully saturated rings. The van der Waals surface area contributed by atoms with Crippen molar-refractivity contribution < 1.29 is 23.5 Å². The molecule has 0 aliphatic carbocycles. The van der Waals surface area contributed by atoms with Crippen molar-refractivity contribution in [2.24, 2.45) is 0 Å². The molecule has 2 aromatic rings. The average molecular weight is 396 g/mol. The lowest BCUT2D eigenvalue weighted by molar-refractivity contribution is -0.123. The molecule has 1 amide bonds. The van der Waals surface area contributed by atoms with Gasteiger partial charge in [0.25, 0.3) is 5.91 Å². The molecule has 2 rings (SSSR count). The van der Waals surface area contributed by atoms with Gasteiger partial charge in [-0.2, -0.15) is 0 Å². The first-order valence-electron chi connectivity index (χ1n) is 7.01. The molecule has 0 aliphatic rings. The van der Waals surface area contributed by atoms with E-state index in [9.17, 15) is 14.0 Å². The van der Waals surface area contributed by atoms with Crippen molar-refractivity contribution in [1.29, 1.82) is 0 Å². The van der Waals surface area contributed by atoms with E-state index >= 15 is 0 Å². The van der Waals surface area contributed by atoms with Crippen LogP contribution in [0.3, 0.4) is 0 Å². The van der Waals surface area contributed by atoms with Gasteiger partial charge < -0.3 is 14.8 Å². The highest BCUT2D eigenvalue weighted by Crippen LogP contribution is 2.20. The summed E-state index contributed by atoms with van der Waals surface area (Å²) in [7, 11) is 1.54. The van der Waals surface area contributed by atoms with E-state index in [1.165, 1.54) is 19.1 Å². The molecule has 0 saturated carbocycles. The first kappa shape index (κ1) is 17.9. The van der Waals surface area contributed by atoms with Crippen LogP contribution >= 0.6 is 15.9 Å². The Morgan fingerprint density at radius 3 is 2.46 bits per heavy atom. The van der Waals surface area contributed by atoms with Gasteiger partial charge in [-0.1, -0.05) is 0 Å². The highest BCUT2D eigenvalue weighted by atomic mass is 79.9. The van der Waals surface area contributed by atoms with Gasteiger partial charge in [0.1, 0.15) is 11.6 Å². The monoisotopic (exact) mass is 395 g/mol. The first-order chi connectivity index (χ1) is 11.4. The molecule has 0 aromatic heterocycles. The number of hydrogen-bond donors (Lipinski definition) is 1. The molecule has 7 heteroatoms. The molecule has 0 spiro atoms. The summed E-state index contributed by atoms with van der Waals surface area (Å²) in [5.41, 5.74) is 0.551. The van der Waals surface area contributed by atoms with Crippen LogP contribution in [0.1, 0.15) is 17.3 Å². The molecule has 5 nitrogen and oxygen atoms in total. The number of methoxy groups -OCH3 is 1. The minimum atomic E-state index is -1.05. The molecule has 1 atom stereocenters. The summed E-state index contributed by atoms with van der Waals surface area (Å²) in [5.74, 6) is -1.20. The molecule has 2 aromatic carbocycles. The lowest BCUT2D eigenvalue weighted by Crippen LogP contribution is -2.30. The van der Waals surface area contributed by atoms with Gasteiger partial charge in [0, 0.05) is 10.2 Å². The van der Waals surface area contributed by atoms with Gasteiger partial charge in [-0.05, 0) is 65.3 Å². The van der Waals surface area contributed by atoms with Gasteiger partial charge in [-0.3, -0.25) is 4.79 Å². The molecule has 0 radical (unpaired) electrons. The van der Waals surface area contributed by atoms with Gasteiger partial charge in [0.15, 0.2) is 6.10 Å². The molecule has 24 heavy (non-hydrogen) atoms. The maximum atomic E-state index is 13.2. The molecule has 1 N–H and O–H groups in total. The zero-order chi connectivity index (χ0) is 17.7. The summed E-state index contributed by atoms with van der Waals surface area (Å²) in [6.07, 6.45) is -1.05. The van der Waals surface area contributed by atoms with Crippen LogP contribution in [-0.2, 0) is 9.53 Å². The van der Waals surface area contributed by atoms with Crippen LogP contribution in [-0.4, -0.2) is 25.1 Å². The highest BCUT2D eigenvalue weighted by molar-refractivity contribution is 9.10. The quantitative estimate of drug-likeness (QED) is 0.782. The van der Waals surface area contributed by atoms with E-state index in [0.29, 0.717) is 15.9 Å². The maximum Gasteiger partial charge on any atom is 0.340 e. The Morgan fingerprint density at radius 1 is 1.17 bits per heavy atom. The fourth-order valence-corrected chi connectivity index (χ4v) is 2.26. The molecular formula is C17H15BrFNO4. The number of carbonyl (C=O) groups is 2. The molecular weight excluding hydrogens is 381 g/mol. The number of halogens is 2. The summed E-state index contributed by atoms with van der Waals surface area (Å²) in [5, 5.41) is 2.62. The largest absolute Gasteiger partial charge is 0.497 e.